The van der Waals surface area contributed by atoms with Gasteiger partial charge in [-0.25, -0.2) is 0 Å². The van der Waals surface area contributed by atoms with Crippen LogP contribution in [0.4, 0.5) is 5.69 Å². The third-order valence-electron chi connectivity index (χ3n) is 3.56. The summed E-state index contributed by atoms with van der Waals surface area (Å²) >= 11 is 3.29. The molecule has 1 aromatic rings. The van der Waals surface area contributed by atoms with Crippen LogP contribution in [-0.2, 0) is 9.59 Å². The van der Waals surface area contributed by atoms with Crippen LogP contribution < -0.4 is 15.4 Å². The molecule has 1 aliphatic rings. The molecule has 8 heteroatoms. The summed E-state index contributed by atoms with van der Waals surface area (Å²) in [7, 11) is 0. The van der Waals surface area contributed by atoms with E-state index in [0.29, 0.717) is 27.9 Å². The van der Waals surface area contributed by atoms with Crippen molar-refractivity contribution in [1.82, 2.24) is 5.32 Å². The highest BCUT2D eigenvalue weighted by atomic mass is 79.9. The molecule has 1 atom stereocenters. The Hall–Kier alpha value is -2.09. The van der Waals surface area contributed by atoms with Crippen molar-refractivity contribution in [1.29, 1.82) is 0 Å². The molecular formula is C16H19BrN2O5. The number of carboxylic acid groups (broad SMARTS) is 1. The number of halogens is 1. The van der Waals surface area contributed by atoms with Gasteiger partial charge in [0.25, 0.3) is 11.8 Å². The van der Waals surface area contributed by atoms with Gasteiger partial charge in [0.05, 0.1) is 17.2 Å². The van der Waals surface area contributed by atoms with Crippen molar-refractivity contribution in [3.63, 3.8) is 0 Å². The van der Waals surface area contributed by atoms with Gasteiger partial charge in [0.2, 0.25) is 0 Å². The molecule has 1 aliphatic heterocycles. The van der Waals surface area contributed by atoms with Gasteiger partial charge in [-0.15, -0.1) is 0 Å². The summed E-state index contributed by atoms with van der Waals surface area (Å²) < 4.78 is 5.78. The SMILES string of the molecule is CC(C)CC(CNC(=O)c1cc2c(cc1Br)NC(=O)CO2)C(=O)O. The van der Waals surface area contributed by atoms with Crippen LogP contribution in [0.25, 0.3) is 0 Å². The van der Waals surface area contributed by atoms with Gasteiger partial charge in [0.1, 0.15) is 5.75 Å². The summed E-state index contributed by atoms with van der Waals surface area (Å²) in [5.41, 5.74) is 0.802. The normalized spacial score (nSPS) is 14.4. The number of aliphatic carboxylic acids is 1. The third-order valence-corrected chi connectivity index (χ3v) is 4.22. The Bertz CT molecular complexity index is 675. The van der Waals surface area contributed by atoms with Crippen molar-refractivity contribution in [3.05, 3.63) is 22.2 Å². The highest BCUT2D eigenvalue weighted by Gasteiger charge is 2.23. The maximum Gasteiger partial charge on any atom is 0.308 e. The predicted octanol–water partition coefficient (Wildman–Crippen LogP) is 2.26. The minimum atomic E-state index is -0.931. The van der Waals surface area contributed by atoms with Gasteiger partial charge in [-0.05, 0) is 40.4 Å². The zero-order chi connectivity index (χ0) is 17.9. The summed E-state index contributed by atoms with van der Waals surface area (Å²) in [6.45, 7) is 3.81. The van der Waals surface area contributed by atoms with E-state index in [2.05, 4.69) is 26.6 Å². The summed E-state index contributed by atoms with van der Waals surface area (Å²) in [6, 6.07) is 3.11. The fourth-order valence-corrected chi connectivity index (χ4v) is 2.95. The van der Waals surface area contributed by atoms with Crippen LogP contribution >= 0.6 is 15.9 Å². The summed E-state index contributed by atoms with van der Waals surface area (Å²) in [5, 5.41) is 14.5. The van der Waals surface area contributed by atoms with Gasteiger partial charge in [0, 0.05) is 11.0 Å². The van der Waals surface area contributed by atoms with E-state index < -0.39 is 17.8 Å². The molecule has 0 radical (unpaired) electrons. The molecule has 0 bridgehead atoms. The van der Waals surface area contributed by atoms with Crippen molar-refractivity contribution >= 4 is 39.4 Å². The minimum absolute atomic E-state index is 0.0491. The number of carbonyl (C=O) groups is 3. The van der Waals surface area contributed by atoms with E-state index in [0.717, 1.165) is 0 Å². The van der Waals surface area contributed by atoms with E-state index in [4.69, 9.17) is 4.74 Å². The number of amides is 2. The quantitative estimate of drug-likeness (QED) is 0.681. The summed E-state index contributed by atoms with van der Waals surface area (Å²) in [6.07, 6.45) is 0.482. The summed E-state index contributed by atoms with van der Waals surface area (Å²) in [4.78, 5) is 34.9. The monoisotopic (exact) mass is 398 g/mol. The second kappa shape index (κ2) is 7.65. The Morgan fingerprint density at radius 3 is 2.75 bits per heavy atom. The maximum atomic E-state index is 12.4. The molecule has 0 saturated heterocycles. The number of hydrogen-bond acceptors (Lipinski definition) is 4. The van der Waals surface area contributed by atoms with Gasteiger partial charge in [0.15, 0.2) is 6.61 Å². The first-order chi connectivity index (χ1) is 11.3. The number of ether oxygens (including phenoxy) is 1. The zero-order valence-corrected chi connectivity index (χ0v) is 15.0. The number of carboxylic acids is 1. The summed E-state index contributed by atoms with van der Waals surface area (Å²) in [5.74, 6) is -1.61. The van der Waals surface area contributed by atoms with Crippen LogP contribution in [0.2, 0.25) is 0 Å². The Kier molecular flexibility index (Phi) is 5.82. The van der Waals surface area contributed by atoms with Crippen LogP contribution in [-0.4, -0.2) is 36.0 Å². The maximum absolute atomic E-state index is 12.4. The van der Waals surface area contributed by atoms with Crippen LogP contribution in [0.15, 0.2) is 16.6 Å². The number of rotatable bonds is 6. The standard InChI is InChI=1S/C16H19BrN2O5/c1-8(2)3-9(16(22)23)6-18-15(21)10-4-13-12(5-11(10)17)19-14(20)7-24-13/h4-5,8-9H,3,6-7H2,1-2H3,(H,18,21)(H,19,20)(H,22,23). The van der Waals surface area contributed by atoms with Crippen molar-refractivity contribution in [3.8, 4) is 5.75 Å². The van der Waals surface area contributed by atoms with Gasteiger partial charge < -0.3 is 20.5 Å². The van der Waals surface area contributed by atoms with Gasteiger partial charge in [-0.3, -0.25) is 14.4 Å². The Labute approximate surface area is 147 Å². The number of nitrogens with one attached hydrogen (secondary N) is 2. The lowest BCUT2D eigenvalue weighted by molar-refractivity contribution is -0.142. The number of carbonyl (C=O) groups excluding carboxylic acids is 2. The fraction of sp³-hybridized carbons (Fsp3) is 0.438. The molecule has 7 nitrogen and oxygen atoms in total. The molecule has 24 heavy (non-hydrogen) atoms. The molecule has 2 amide bonds. The number of benzene rings is 1. The van der Waals surface area contributed by atoms with E-state index in [-0.39, 0.29) is 25.0 Å². The first-order valence-electron chi connectivity index (χ1n) is 7.55. The molecule has 130 valence electrons. The molecule has 0 saturated carbocycles. The lowest BCUT2D eigenvalue weighted by Crippen LogP contribution is -2.34. The van der Waals surface area contributed by atoms with Crippen LogP contribution in [0, 0.1) is 11.8 Å². The second-order valence-electron chi connectivity index (χ2n) is 6.04. The van der Waals surface area contributed by atoms with Crippen molar-refractivity contribution < 1.29 is 24.2 Å². The fourth-order valence-electron chi connectivity index (χ4n) is 2.43. The Morgan fingerprint density at radius 2 is 2.12 bits per heavy atom. The average Bonchev–Trinajstić information content (AvgIpc) is 2.49. The highest BCUT2D eigenvalue weighted by molar-refractivity contribution is 9.10. The molecule has 0 aromatic heterocycles. The number of fused-ring (bicyclic) bond motifs is 1. The first kappa shape index (κ1) is 18.3. The Balaban J connectivity index is 2.09. The van der Waals surface area contributed by atoms with Gasteiger partial charge in [-0.1, -0.05) is 13.8 Å². The van der Waals surface area contributed by atoms with Crippen LogP contribution in [0.5, 0.6) is 5.75 Å². The van der Waals surface area contributed by atoms with Crippen molar-refractivity contribution in [2.24, 2.45) is 11.8 Å². The molecule has 3 N–H and O–H groups in total. The molecule has 0 fully saturated rings. The van der Waals surface area contributed by atoms with E-state index in [9.17, 15) is 19.5 Å². The zero-order valence-electron chi connectivity index (χ0n) is 13.4. The van der Waals surface area contributed by atoms with Crippen LogP contribution in [0.3, 0.4) is 0 Å². The van der Waals surface area contributed by atoms with Crippen molar-refractivity contribution in [2.75, 3.05) is 18.5 Å². The Morgan fingerprint density at radius 1 is 1.42 bits per heavy atom. The molecule has 1 heterocycles. The third kappa shape index (κ3) is 4.47. The molecular weight excluding hydrogens is 380 g/mol. The topological polar surface area (TPSA) is 105 Å². The molecule has 1 unspecified atom stereocenters. The number of hydrogen-bond donors (Lipinski definition) is 3. The van der Waals surface area contributed by atoms with Crippen molar-refractivity contribution in [2.45, 2.75) is 20.3 Å². The highest BCUT2D eigenvalue weighted by Crippen LogP contribution is 2.33. The van der Waals surface area contributed by atoms with Crippen LogP contribution in [0.1, 0.15) is 30.6 Å². The van der Waals surface area contributed by atoms with E-state index in [1.165, 1.54) is 6.07 Å². The molecule has 0 aliphatic carbocycles. The number of anilines is 1. The average molecular weight is 399 g/mol. The van der Waals surface area contributed by atoms with E-state index in [1.54, 1.807) is 6.07 Å². The van der Waals surface area contributed by atoms with Gasteiger partial charge >= 0.3 is 5.97 Å². The predicted molar refractivity (Wildman–Crippen MR) is 91.2 cm³/mol. The van der Waals surface area contributed by atoms with E-state index >= 15 is 0 Å². The molecule has 1 aromatic carbocycles. The molecule has 0 spiro atoms. The largest absolute Gasteiger partial charge is 0.482 e. The van der Waals surface area contributed by atoms with Gasteiger partial charge in [-0.2, -0.15) is 0 Å². The smallest absolute Gasteiger partial charge is 0.308 e. The lowest BCUT2D eigenvalue weighted by atomic mass is 9.97. The molecule has 2 rings (SSSR count). The minimum Gasteiger partial charge on any atom is -0.482 e. The first-order valence-corrected chi connectivity index (χ1v) is 8.34. The second-order valence-corrected chi connectivity index (χ2v) is 6.89. The lowest BCUT2D eigenvalue weighted by Gasteiger charge is -2.20. The van der Waals surface area contributed by atoms with E-state index in [1.807, 2.05) is 13.8 Å².